The number of benzene rings is 2. The van der Waals surface area contributed by atoms with Crippen LogP contribution in [0.1, 0.15) is 56.6 Å². The summed E-state index contributed by atoms with van der Waals surface area (Å²) in [6.45, 7) is 2.25. The standard InChI is InChI=1S/C24H31N3O2S/c1-2-3-4-5-6-7-8-18-9-12-20(13-10-18)26-17-30-16-21(25)19-11-14-22-23(15-19)29-24(28)27-22/h9-16,26H,2-8,17,25H2,1H3,(H,27,28)/b21-16-. The number of aryl methyl sites for hydroxylation is 1. The second-order valence-corrected chi connectivity index (χ2v) is 8.36. The highest BCUT2D eigenvalue weighted by Crippen LogP contribution is 2.20. The number of unbranched alkanes of at least 4 members (excludes halogenated alkanes) is 5. The molecule has 0 unspecified atom stereocenters. The highest BCUT2D eigenvalue weighted by molar-refractivity contribution is 8.02. The van der Waals surface area contributed by atoms with Crippen LogP contribution in [0.5, 0.6) is 0 Å². The van der Waals surface area contributed by atoms with E-state index in [1.807, 2.05) is 11.5 Å². The van der Waals surface area contributed by atoms with Crippen LogP contribution >= 0.6 is 11.8 Å². The van der Waals surface area contributed by atoms with Crippen LogP contribution in [0, 0.1) is 0 Å². The molecule has 160 valence electrons. The van der Waals surface area contributed by atoms with Crippen molar-refractivity contribution in [1.82, 2.24) is 4.98 Å². The quantitative estimate of drug-likeness (QED) is 0.242. The van der Waals surface area contributed by atoms with Crippen LogP contribution in [0.15, 0.2) is 57.1 Å². The van der Waals surface area contributed by atoms with E-state index >= 15 is 0 Å². The number of H-pyrrole nitrogens is 1. The molecule has 6 heteroatoms. The second kappa shape index (κ2) is 11.6. The van der Waals surface area contributed by atoms with Crippen LogP contribution < -0.4 is 16.8 Å². The van der Waals surface area contributed by atoms with Gasteiger partial charge in [0, 0.05) is 16.9 Å². The zero-order valence-electron chi connectivity index (χ0n) is 17.6. The van der Waals surface area contributed by atoms with Crippen molar-refractivity contribution in [3.8, 4) is 0 Å². The molecule has 2 aromatic carbocycles. The van der Waals surface area contributed by atoms with Crippen LogP contribution in [0.4, 0.5) is 5.69 Å². The number of nitrogens with two attached hydrogens (primary N) is 1. The summed E-state index contributed by atoms with van der Waals surface area (Å²) in [5.74, 6) is 0.264. The summed E-state index contributed by atoms with van der Waals surface area (Å²) in [7, 11) is 0. The fourth-order valence-corrected chi connectivity index (χ4v) is 4.00. The number of anilines is 1. The molecule has 0 spiro atoms. The maximum atomic E-state index is 11.3. The summed E-state index contributed by atoms with van der Waals surface area (Å²) in [5, 5.41) is 5.31. The normalized spacial score (nSPS) is 11.8. The Hall–Kier alpha value is -2.60. The van der Waals surface area contributed by atoms with Gasteiger partial charge in [-0.1, -0.05) is 57.2 Å². The Labute approximate surface area is 182 Å². The van der Waals surface area contributed by atoms with Crippen molar-refractivity contribution < 1.29 is 4.42 Å². The third kappa shape index (κ3) is 6.73. The van der Waals surface area contributed by atoms with Crippen molar-refractivity contribution in [3.63, 3.8) is 0 Å². The molecule has 0 atom stereocenters. The minimum atomic E-state index is -0.457. The molecule has 0 bridgehead atoms. The van der Waals surface area contributed by atoms with Crippen molar-refractivity contribution in [2.24, 2.45) is 5.73 Å². The molecule has 0 saturated carbocycles. The molecule has 0 amide bonds. The predicted molar refractivity (Wildman–Crippen MR) is 129 cm³/mol. The molecule has 0 aliphatic heterocycles. The highest BCUT2D eigenvalue weighted by Gasteiger charge is 2.04. The number of nitrogens with one attached hydrogen (secondary N) is 2. The van der Waals surface area contributed by atoms with Gasteiger partial charge in [0.15, 0.2) is 5.58 Å². The van der Waals surface area contributed by atoms with Gasteiger partial charge in [0.2, 0.25) is 0 Å². The largest absolute Gasteiger partial charge is 0.417 e. The van der Waals surface area contributed by atoms with Gasteiger partial charge in [-0.25, -0.2) is 4.79 Å². The number of fused-ring (bicyclic) bond motifs is 1. The molecule has 1 heterocycles. The fraction of sp³-hybridized carbons (Fsp3) is 0.375. The smallest absolute Gasteiger partial charge is 0.408 e. The third-order valence-corrected chi connectivity index (χ3v) is 5.83. The molecule has 0 radical (unpaired) electrons. The van der Waals surface area contributed by atoms with Crippen LogP contribution in [0.3, 0.4) is 0 Å². The van der Waals surface area contributed by atoms with Gasteiger partial charge in [-0.3, -0.25) is 4.98 Å². The summed E-state index contributed by atoms with van der Waals surface area (Å²) < 4.78 is 5.09. The van der Waals surface area contributed by atoms with E-state index in [-0.39, 0.29) is 0 Å². The molecule has 0 aliphatic carbocycles. The van der Waals surface area contributed by atoms with Gasteiger partial charge in [-0.05, 0) is 48.1 Å². The topological polar surface area (TPSA) is 84.0 Å². The molecule has 30 heavy (non-hydrogen) atoms. The highest BCUT2D eigenvalue weighted by atomic mass is 32.2. The van der Waals surface area contributed by atoms with Crippen LogP contribution in [0.25, 0.3) is 16.8 Å². The summed E-state index contributed by atoms with van der Waals surface area (Å²) in [5.41, 5.74) is 11.3. The monoisotopic (exact) mass is 425 g/mol. The molecule has 0 fully saturated rings. The van der Waals surface area contributed by atoms with Gasteiger partial charge >= 0.3 is 5.76 Å². The Morgan fingerprint density at radius 3 is 2.67 bits per heavy atom. The second-order valence-electron chi connectivity index (χ2n) is 7.50. The lowest BCUT2D eigenvalue weighted by Gasteiger charge is -2.07. The maximum absolute atomic E-state index is 11.3. The molecule has 3 rings (SSSR count). The zero-order chi connectivity index (χ0) is 21.2. The van der Waals surface area contributed by atoms with Gasteiger partial charge in [0.25, 0.3) is 0 Å². The molecular weight excluding hydrogens is 394 g/mol. The Kier molecular flexibility index (Phi) is 8.51. The van der Waals surface area contributed by atoms with Gasteiger partial charge in [-0.15, -0.1) is 11.8 Å². The lowest BCUT2D eigenvalue weighted by atomic mass is 10.0. The maximum Gasteiger partial charge on any atom is 0.417 e. The third-order valence-electron chi connectivity index (χ3n) is 5.10. The first-order valence-corrected chi connectivity index (χ1v) is 11.7. The lowest BCUT2D eigenvalue weighted by molar-refractivity contribution is 0.555. The average molecular weight is 426 g/mol. The van der Waals surface area contributed by atoms with Crippen molar-refractivity contribution in [1.29, 1.82) is 0 Å². The summed E-state index contributed by atoms with van der Waals surface area (Å²) in [6.07, 6.45) is 9.15. The van der Waals surface area contributed by atoms with E-state index in [4.69, 9.17) is 10.2 Å². The minimum Gasteiger partial charge on any atom is -0.408 e. The number of oxazole rings is 1. The molecule has 1 aromatic heterocycles. The Balaban J connectivity index is 1.40. The molecule has 0 saturated heterocycles. The summed E-state index contributed by atoms with van der Waals surface area (Å²) in [6, 6.07) is 14.1. The first-order valence-electron chi connectivity index (χ1n) is 10.7. The van der Waals surface area contributed by atoms with Crippen molar-refractivity contribution >= 4 is 34.2 Å². The van der Waals surface area contributed by atoms with Crippen LogP contribution in [0.2, 0.25) is 0 Å². The zero-order valence-corrected chi connectivity index (χ0v) is 18.4. The number of hydrogen-bond acceptors (Lipinski definition) is 5. The van der Waals surface area contributed by atoms with E-state index in [0.717, 1.165) is 23.5 Å². The van der Waals surface area contributed by atoms with E-state index in [1.54, 1.807) is 23.9 Å². The summed E-state index contributed by atoms with van der Waals surface area (Å²) >= 11 is 1.59. The number of thioether (sulfide) groups is 1. The van der Waals surface area contributed by atoms with E-state index in [1.165, 1.54) is 44.1 Å². The van der Waals surface area contributed by atoms with E-state index in [2.05, 4.69) is 41.5 Å². The Morgan fingerprint density at radius 2 is 1.87 bits per heavy atom. The van der Waals surface area contributed by atoms with Gasteiger partial charge < -0.3 is 15.5 Å². The number of aromatic amines is 1. The Morgan fingerprint density at radius 1 is 1.10 bits per heavy atom. The van der Waals surface area contributed by atoms with Crippen molar-refractivity contribution in [2.75, 3.05) is 11.2 Å². The SMILES string of the molecule is CCCCCCCCc1ccc(NCS/C=C(\N)c2ccc3[nH]c(=O)oc3c2)cc1. The first-order chi connectivity index (χ1) is 14.7. The molecule has 0 aliphatic rings. The molecule has 3 aromatic rings. The fourth-order valence-electron chi connectivity index (χ4n) is 3.35. The van der Waals surface area contributed by atoms with Crippen LogP contribution in [-0.2, 0) is 6.42 Å². The lowest BCUT2D eigenvalue weighted by Crippen LogP contribution is -1.99. The number of aromatic nitrogens is 1. The molecule has 5 nitrogen and oxygen atoms in total. The van der Waals surface area contributed by atoms with Crippen molar-refractivity contribution in [3.05, 3.63) is 69.6 Å². The summed E-state index contributed by atoms with van der Waals surface area (Å²) in [4.78, 5) is 13.9. The molecule has 4 N–H and O–H groups in total. The van der Waals surface area contributed by atoms with E-state index in [0.29, 0.717) is 16.8 Å². The first kappa shape index (κ1) is 22.1. The van der Waals surface area contributed by atoms with Crippen molar-refractivity contribution in [2.45, 2.75) is 51.9 Å². The van der Waals surface area contributed by atoms with E-state index < -0.39 is 5.76 Å². The molecular formula is C24H31N3O2S. The number of hydrogen-bond donors (Lipinski definition) is 3. The average Bonchev–Trinajstić information content (AvgIpc) is 3.13. The number of rotatable bonds is 12. The Bertz CT molecular complexity index is 1010. The van der Waals surface area contributed by atoms with E-state index in [9.17, 15) is 4.79 Å². The van der Waals surface area contributed by atoms with Gasteiger partial charge in [0.1, 0.15) is 0 Å². The van der Waals surface area contributed by atoms with Crippen LogP contribution in [-0.4, -0.2) is 10.9 Å². The minimum absolute atomic E-state index is 0.457. The van der Waals surface area contributed by atoms with Gasteiger partial charge in [-0.2, -0.15) is 0 Å². The predicted octanol–water partition coefficient (Wildman–Crippen LogP) is 6.08. The van der Waals surface area contributed by atoms with Gasteiger partial charge in [0.05, 0.1) is 11.4 Å².